The molecular weight excluding hydrogens is 364 g/mol. The van der Waals surface area contributed by atoms with Crippen LogP contribution in [0.3, 0.4) is 0 Å². The molecular formula is C24H30N2O3. The Morgan fingerprint density at radius 1 is 1.45 bits per heavy atom. The molecule has 1 aromatic heterocycles. The summed E-state index contributed by atoms with van der Waals surface area (Å²) in [5.41, 5.74) is 4.48. The summed E-state index contributed by atoms with van der Waals surface area (Å²) in [5.74, 6) is 2.56. The van der Waals surface area contributed by atoms with Crippen molar-refractivity contribution in [3.05, 3.63) is 58.0 Å². The zero-order valence-electron chi connectivity index (χ0n) is 17.9. The molecule has 1 aromatic rings. The smallest absolute Gasteiger partial charge is 0.261 e. The second-order valence-corrected chi connectivity index (χ2v) is 7.86. The number of amides is 1. The van der Waals surface area contributed by atoms with Crippen LogP contribution in [0.15, 0.2) is 51.3 Å². The minimum Gasteiger partial charge on any atom is -0.511 e. The van der Waals surface area contributed by atoms with Crippen LogP contribution >= 0.6 is 0 Å². The van der Waals surface area contributed by atoms with Crippen molar-refractivity contribution in [3.63, 3.8) is 0 Å². The van der Waals surface area contributed by atoms with Gasteiger partial charge in [-0.05, 0) is 70.9 Å². The maximum absolute atomic E-state index is 13.0. The van der Waals surface area contributed by atoms with Crippen molar-refractivity contribution in [2.45, 2.75) is 53.9 Å². The number of nitrogens with zero attached hydrogens (tertiary/aromatic N) is 1. The van der Waals surface area contributed by atoms with E-state index in [0.717, 1.165) is 24.0 Å². The number of hydrogen-bond acceptors (Lipinski definition) is 4. The molecule has 0 spiro atoms. The summed E-state index contributed by atoms with van der Waals surface area (Å²) in [5, 5.41) is 17.5. The van der Waals surface area contributed by atoms with Crippen LogP contribution in [0.4, 0.5) is 5.88 Å². The van der Waals surface area contributed by atoms with Gasteiger partial charge in [-0.3, -0.25) is 10.1 Å². The second kappa shape index (κ2) is 9.47. The Kier molecular flexibility index (Phi) is 7.28. The molecule has 29 heavy (non-hydrogen) atoms. The second-order valence-electron chi connectivity index (χ2n) is 7.86. The largest absolute Gasteiger partial charge is 0.511 e. The fourth-order valence-corrected chi connectivity index (χ4v) is 3.73. The monoisotopic (exact) mass is 394 g/mol. The Morgan fingerprint density at radius 2 is 2.14 bits per heavy atom. The van der Waals surface area contributed by atoms with Crippen molar-refractivity contribution in [1.29, 1.82) is 0 Å². The predicted molar refractivity (Wildman–Crippen MR) is 116 cm³/mol. The third-order valence-electron chi connectivity index (χ3n) is 5.52. The van der Waals surface area contributed by atoms with E-state index in [1.807, 2.05) is 13.8 Å². The van der Waals surface area contributed by atoms with Crippen LogP contribution in [0.25, 0.3) is 0 Å². The average Bonchev–Trinajstić information content (AvgIpc) is 2.94. The molecule has 0 saturated carbocycles. The lowest BCUT2D eigenvalue weighted by Crippen LogP contribution is -2.22. The molecule has 1 aliphatic rings. The Labute approximate surface area is 173 Å². The number of rotatable bonds is 6. The number of aliphatic hydroxyl groups is 1. The molecule has 0 bridgehead atoms. The van der Waals surface area contributed by atoms with Gasteiger partial charge in [-0.15, -0.1) is 6.42 Å². The van der Waals surface area contributed by atoms with E-state index in [0.29, 0.717) is 17.7 Å². The van der Waals surface area contributed by atoms with Gasteiger partial charge in [-0.25, -0.2) is 0 Å². The third-order valence-corrected chi connectivity index (χ3v) is 5.52. The van der Waals surface area contributed by atoms with Crippen molar-refractivity contribution in [2.75, 3.05) is 5.32 Å². The van der Waals surface area contributed by atoms with Crippen LogP contribution in [0.5, 0.6) is 0 Å². The number of aliphatic hydroxyl groups excluding tert-OH is 1. The fourth-order valence-electron chi connectivity index (χ4n) is 3.73. The van der Waals surface area contributed by atoms with Gasteiger partial charge >= 0.3 is 0 Å². The molecule has 5 nitrogen and oxygen atoms in total. The maximum atomic E-state index is 13.0. The molecule has 0 saturated heterocycles. The van der Waals surface area contributed by atoms with Gasteiger partial charge in [-0.1, -0.05) is 34.9 Å². The van der Waals surface area contributed by atoms with E-state index >= 15 is 0 Å². The van der Waals surface area contributed by atoms with Crippen molar-refractivity contribution in [2.24, 2.45) is 11.8 Å². The molecule has 2 atom stereocenters. The minimum atomic E-state index is -0.478. The first-order chi connectivity index (χ1) is 13.6. The summed E-state index contributed by atoms with van der Waals surface area (Å²) >= 11 is 0. The molecule has 1 aliphatic carbocycles. The zero-order valence-corrected chi connectivity index (χ0v) is 17.9. The van der Waals surface area contributed by atoms with E-state index in [1.165, 1.54) is 11.6 Å². The summed E-state index contributed by atoms with van der Waals surface area (Å²) in [4.78, 5) is 13.0. The van der Waals surface area contributed by atoms with Gasteiger partial charge in [0.05, 0.1) is 11.3 Å². The maximum Gasteiger partial charge on any atom is 0.261 e. The molecule has 2 unspecified atom stereocenters. The molecule has 0 radical (unpaired) electrons. The van der Waals surface area contributed by atoms with Crippen LogP contribution in [-0.2, 0) is 4.79 Å². The first kappa shape index (κ1) is 22.3. The molecule has 0 aliphatic heterocycles. The Bertz CT molecular complexity index is 938. The van der Waals surface area contributed by atoms with Crippen molar-refractivity contribution in [1.82, 2.24) is 5.16 Å². The van der Waals surface area contributed by atoms with E-state index in [9.17, 15) is 9.90 Å². The Hall–Kier alpha value is -3.00. The van der Waals surface area contributed by atoms with Gasteiger partial charge in [0, 0.05) is 12.0 Å². The predicted octanol–water partition coefficient (Wildman–Crippen LogP) is 5.56. The fraction of sp³-hybridized carbons (Fsp3) is 0.417. The first-order valence-corrected chi connectivity index (χ1v) is 9.78. The summed E-state index contributed by atoms with van der Waals surface area (Å²) in [6.07, 6.45) is 11.4. The summed E-state index contributed by atoms with van der Waals surface area (Å²) in [7, 11) is 0. The number of terminal acetylenes is 1. The molecule has 0 aromatic carbocycles. The third kappa shape index (κ3) is 5.29. The van der Waals surface area contributed by atoms with E-state index in [4.69, 9.17) is 10.9 Å². The lowest BCUT2D eigenvalue weighted by atomic mass is 9.75. The van der Waals surface area contributed by atoms with Crippen LogP contribution in [-0.4, -0.2) is 16.2 Å². The van der Waals surface area contributed by atoms with Gasteiger partial charge < -0.3 is 9.63 Å². The van der Waals surface area contributed by atoms with Gasteiger partial charge in [0.2, 0.25) is 5.88 Å². The lowest BCUT2D eigenvalue weighted by molar-refractivity contribution is -0.112. The van der Waals surface area contributed by atoms with Crippen molar-refractivity contribution >= 4 is 11.8 Å². The SMILES string of the molecule is C#C/C=C(C)\C(C(=O)Nc1onc(C)c1C)=C(\O)CC1C=C(C)CCC1C(=C)C. The number of carbonyl (C=O) groups excluding carboxylic acids is 1. The van der Waals surface area contributed by atoms with Crippen LogP contribution in [0.2, 0.25) is 0 Å². The molecule has 2 N–H and O–H groups in total. The highest BCUT2D eigenvalue weighted by atomic mass is 16.5. The molecule has 5 heteroatoms. The van der Waals surface area contributed by atoms with Crippen molar-refractivity contribution < 1.29 is 14.4 Å². The normalized spacial score (nSPS) is 20.4. The number of carbonyl (C=O) groups is 1. The van der Waals surface area contributed by atoms with Gasteiger partial charge in [0.1, 0.15) is 5.76 Å². The number of nitrogens with one attached hydrogen (secondary N) is 1. The highest BCUT2D eigenvalue weighted by Gasteiger charge is 2.28. The van der Waals surface area contributed by atoms with Gasteiger partial charge in [0.25, 0.3) is 5.91 Å². The molecule has 0 fully saturated rings. The topological polar surface area (TPSA) is 75.4 Å². The van der Waals surface area contributed by atoms with E-state index in [1.54, 1.807) is 13.8 Å². The Morgan fingerprint density at radius 3 is 2.69 bits per heavy atom. The van der Waals surface area contributed by atoms with Crippen molar-refractivity contribution in [3.8, 4) is 12.3 Å². The quantitative estimate of drug-likeness (QED) is 0.218. The first-order valence-electron chi connectivity index (χ1n) is 9.78. The standard InChI is InChI=1S/C24H30N2O3/c1-8-9-16(5)22(23(28)25-24-17(6)18(7)26-29-24)21(27)13-19-12-15(4)10-11-20(19)14(2)3/h1,9,12,19-20,27H,2,10-11,13H2,3-7H3,(H,25,28)/b16-9-,22-21-. The minimum absolute atomic E-state index is 0.00240. The number of allylic oxidation sites excluding steroid dienone is 5. The summed E-state index contributed by atoms with van der Waals surface area (Å²) < 4.78 is 5.18. The summed E-state index contributed by atoms with van der Waals surface area (Å²) in [6, 6.07) is 0. The summed E-state index contributed by atoms with van der Waals surface area (Å²) in [6.45, 7) is 13.5. The Balaban J connectivity index is 2.40. The van der Waals surface area contributed by atoms with E-state index in [2.05, 4.69) is 36.0 Å². The number of aromatic nitrogens is 1. The van der Waals surface area contributed by atoms with Gasteiger partial charge in [0.15, 0.2) is 0 Å². The number of hydrogen-bond donors (Lipinski definition) is 2. The highest BCUT2D eigenvalue weighted by Crippen LogP contribution is 2.37. The van der Waals surface area contributed by atoms with Gasteiger partial charge in [-0.2, -0.15) is 0 Å². The molecule has 154 valence electrons. The highest BCUT2D eigenvalue weighted by molar-refractivity contribution is 6.06. The average molecular weight is 395 g/mol. The number of anilines is 1. The molecule has 1 heterocycles. The van der Waals surface area contributed by atoms with E-state index < -0.39 is 5.91 Å². The van der Waals surface area contributed by atoms with Crippen LogP contribution < -0.4 is 5.32 Å². The molecule has 1 amide bonds. The number of aryl methyl sites for hydroxylation is 1. The lowest BCUT2D eigenvalue weighted by Gasteiger charge is -2.30. The van der Waals surface area contributed by atoms with Crippen LogP contribution in [0, 0.1) is 38.0 Å². The zero-order chi connectivity index (χ0) is 21.7. The van der Waals surface area contributed by atoms with Crippen LogP contribution in [0.1, 0.15) is 51.3 Å². The van der Waals surface area contributed by atoms with E-state index in [-0.39, 0.29) is 29.1 Å². The molecule has 2 rings (SSSR count).